The van der Waals surface area contributed by atoms with Crippen LogP contribution in [-0.4, -0.2) is 24.2 Å². The minimum atomic E-state index is -0.313. The third-order valence-electron chi connectivity index (χ3n) is 4.69. The van der Waals surface area contributed by atoms with E-state index in [-0.39, 0.29) is 41.8 Å². The Morgan fingerprint density at radius 1 is 0.900 bits per heavy atom. The Bertz CT molecular complexity index is 922. The summed E-state index contributed by atoms with van der Waals surface area (Å²) in [7, 11) is 0. The Balaban J connectivity index is 2.24. The maximum Gasteiger partial charge on any atom is 0.262 e. The largest absolute Gasteiger partial charge is 0.482 e. The Morgan fingerprint density at radius 2 is 1.50 bits per heavy atom. The van der Waals surface area contributed by atoms with Gasteiger partial charge in [-0.15, -0.1) is 0 Å². The number of ketones is 1. The number of Topliss-reactive ketones (excluding diaryl/α,β-unsaturated/α-hetero) is 1. The fourth-order valence-corrected chi connectivity index (χ4v) is 3.17. The smallest absolute Gasteiger partial charge is 0.262 e. The molecular weight excluding hydrogens is 380 g/mol. The van der Waals surface area contributed by atoms with Crippen molar-refractivity contribution in [2.75, 3.05) is 17.2 Å². The first kappa shape index (κ1) is 23.1. The number of ether oxygens (including phenoxy) is 1. The van der Waals surface area contributed by atoms with Crippen molar-refractivity contribution in [1.29, 1.82) is 0 Å². The molecule has 0 bridgehead atoms. The summed E-state index contributed by atoms with van der Waals surface area (Å²) in [6.45, 7) is 10.9. The highest BCUT2D eigenvalue weighted by molar-refractivity contribution is 5.97. The second-order valence-corrected chi connectivity index (χ2v) is 7.91. The molecule has 0 atom stereocenters. The van der Waals surface area contributed by atoms with E-state index >= 15 is 0 Å². The number of nitrogens with one attached hydrogen (secondary N) is 2. The molecule has 0 aliphatic carbocycles. The van der Waals surface area contributed by atoms with Crippen LogP contribution in [0.4, 0.5) is 11.4 Å². The van der Waals surface area contributed by atoms with E-state index in [2.05, 4.69) is 38.3 Å². The van der Waals surface area contributed by atoms with Crippen LogP contribution >= 0.6 is 0 Å². The molecule has 6 nitrogen and oxygen atoms in total. The molecule has 0 saturated heterocycles. The molecule has 0 fully saturated rings. The number of hydrogen-bond acceptors (Lipinski definition) is 4. The Hall–Kier alpha value is -3.15. The number of carbonyl (C=O) groups is 3. The van der Waals surface area contributed by atoms with Crippen LogP contribution in [-0.2, 0) is 9.59 Å². The molecule has 30 heavy (non-hydrogen) atoms. The van der Waals surface area contributed by atoms with E-state index in [0.717, 1.165) is 16.8 Å². The molecule has 0 saturated carbocycles. The van der Waals surface area contributed by atoms with Crippen molar-refractivity contribution < 1.29 is 19.1 Å². The zero-order chi connectivity index (χ0) is 22.4. The van der Waals surface area contributed by atoms with E-state index in [4.69, 9.17) is 4.74 Å². The van der Waals surface area contributed by atoms with E-state index in [0.29, 0.717) is 11.3 Å². The molecule has 0 aliphatic rings. The van der Waals surface area contributed by atoms with Gasteiger partial charge in [0, 0.05) is 18.2 Å². The van der Waals surface area contributed by atoms with Crippen molar-refractivity contribution in [1.82, 2.24) is 0 Å². The van der Waals surface area contributed by atoms with Crippen molar-refractivity contribution >= 4 is 29.0 Å². The minimum Gasteiger partial charge on any atom is -0.482 e. The van der Waals surface area contributed by atoms with E-state index in [1.807, 2.05) is 18.2 Å². The Morgan fingerprint density at radius 3 is 2.00 bits per heavy atom. The predicted octanol–water partition coefficient (Wildman–Crippen LogP) is 5.11. The second kappa shape index (κ2) is 10.1. The van der Waals surface area contributed by atoms with Gasteiger partial charge in [-0.3, -0.25) is 14.4 Å². The lowest BCUT2D eigenvalue weighted by Gasteiger charge is -2.20. The summed E-state index contributed by atoms with van der Waals surface area (Å²) >= 11 is 0. The van der Waals surface area contributed by atoms with Crippen LogP contribution < -0.4 is 15.4 Å². The summed E-state index contributed by atoms with van der Waals surface area (Å²) in [5.74, 6) is 0.0526. The molecule has 0 aliphatic heterocycles. The highest BCUT2D eigenvalue weighted by Crippen LogP contribution is 2.32. The van der Waals surface area contributed by atoms with Gasteiger partial charge in [0.2, 0.25) is 5.91 Å². The lowest BCUT2D eigenvalue weighted by Crippen LogP contribution is -2.23. The first-order valence-corrected chi connectivity index (χ1v) is 10.1. The molecule has 0 unspecified atom stereocenters. The number of anilines is 2. The zero-order valence-corrected chi connectivity index (χ0v) is 18.5. The molecule has 2 rings (SSSR count). The van der Waals surface area contributed by atoms with Crippen molar-refractivity contribution in [2.45, 2.75) is 53.4 Å². The van der Waals surface area contributed by atoms with Crippen molar-refractivity contribution in [3.8, 4) is 5.75 Å². The summed E-state index contributed by atoms with van der Waals surface area (Å²) in [5.41, 5.74) is 3.78. The molecule has 0 spiro atoms. The van der Waals surface area contributed by atoms with Gasteiger partial charge in [0.05, 0.1) is 5.69 Å². The summed E-state index contributed by atoms with van der Waals surface area (Å²) in [6.07, 6.45) is 0. The molecule has 0 aromatic heterocycles. The fraction of sp³-hybridized carbons (Fsp3) is 0.375. The lowest BCUT2D eigenvalue weighted by molar-refractivity contribution is -0.118. The molecule has 0 heterocycles. The average Bonchev–Trinajstić information content (AvgIpc) is 2.66. The van der Waals surface area contributed by atoms with Gasteiger partial charge >= 0.3 is 0 Å². The van der Waals surface area contributed by atoms with Gasteiger partial charge in [0.1, 0.15) is 5.75 Å². The highest BCUT2D eigenvalue weighted by Gasteiger charge is 2.17. The van der Waals surface area contributed by atoms with Crippen molar-refractivity contribution in [2.24, 2.45) is 0 Å². The monoisotopic (exact) mass is 410 g/mol. The van der Waals surface area contributed by atoms with Gasteiger partial charge in [-0.25, -0.2) is 0 Å². The summed E-state index contributed by atoms with van der Waals surface area (Å²) < 4.78 is 5.68. The summed E-state index contributed by atoms with van der Waals surface area (Å²) in [6, 6.07) is 10.8. The SMILES string of the molecule is CC(=O)Nc1ccc(C(C)=O)cc1OCC(=O)Nc1c(C(C)C)cccc1C(C)C. The lowest BCUT2D eigenvalue weighted by atomic mass is 9.92. The van der Waals surface area contributed by atoms with Gasteiger partial charge in [0.25, 0.3) is 5.91 Å². The van der Waals surface area contributed by atoms with Crippen LogP contribution in [0.3, 0.4) is 0 Å². The van der Waals surface area contributed by atoms with Crippen molar-refractivity contribution in [3.05, 3.63) is 53.1 Å². The third-order valence-corrected chi connectivity index (χ3v) is 4.69. The maximum absolute atomic E-state index is 12.7. The van der Waals surface area contributed by atoms with Gasteiger partial charge in [-0.2, -0.15) is 0 Å². The minimum absolute atomic E-state index is 0.133. The second-order valence-electron chi connectivity index (χ2n) is 7.91. The molecule has 2 N–H and O–H groups in total. The van der Waals surface area contributed by atoms with Crippen molar-refractivity contribution in [3.63, 3.8) is 0 Å². The highest BCUT2D eigenvalue weighted by atomic mass is 16.5. The zero-order valence-electron chi connectivity index (χ0n) is 18.5. The number of para-hydroxylation sites is 1. The predicted molar refractivity (Wildman–Crippen MR) is 119 cm³/mol. The summed E-state index contributed by atoms with van der Waals surface area (Å²) in [4.78, 5) is 35.8. The van der Waals surface area contributed by atoms with Crippen LogP contribution in [0.5, 0.6) is 5.75 Å². The van der Waals surface area contributed by atoms with E-state index in [1.165, 1.54) is 19.9 Å². The number of hydrogen-bond donors (Lipinski definition) is 2. The first-order valence-electron chi connectivity index (χ1n) is 10.1. The van der Waals surface area contributed by atoms with E-state index in [9.17, 15) is 14.4 Å². The topological polar surface area (TPSA) is 84.5 Å². The molecule has 0 radical (unpaired) electrons. The molecule has 2 aromatic rings. The van der Waals surface area contributed by atoms with Gasteiger partial charge in [-0.1, -0.05) is 45.9 Å². The average molecular weight is 411 g/mol. The normalized spacial score (nSPS) is 10.8. The quantitative estimate of drug-likeness (QED) is 0.592. The van der Waals surface area contributed by atoms with E-state index in [1.54, 1.807) is 12.1 Å². The van der Waals surface area contributed by atoms with Crippen LogP contribution in [0.15, 0.2) is 36.4 Å². The third kappa shape index (κ3) is 5.92. The fourth-order valence-electron chi connectivity index (χ4n) is 3.17. The van der Waals surface area contributed by atoms with Crippen LogP contribution in [0, 0.1) is 0 Å². The number of carbonyl (C=O) groups excluding carboxylic acids is 3. The number of rotatable bonds is 8. The molecular formula is C24H30N2O4. The Labute approximate surface area is 178 Å². The molecule has 160 valence electrons. The number of amides is 2. The standard InChI is InChI=1S/C24H30N2O4/c1-14(2)19-8-7-9-20(15(3)4)24(19)26-23(29)13-30-22-12-18(16(5)27)10-11-21(22)25-17(6)28/h7-12,14-15H,13H2,1-6H3,(H,25,28)(H,26,29). The van der Waals surface area contributed by atoms with Gasteiger partial charge < -0.3 is 15.4 Å². The van der Waals surface area contributed by atoms with Gasteiger partial charge in [-0.05, 0) is 48.1 Å². The number of benzene rings is 2. The first-order chi connectivity index (χ1) is 14.1. The Kier molecular flexibility index (Phi) is 7.75. The molecule has 2 aromatic carbocycles. The van der Waals surface area contributed by atoms with Gasteiger partial charge in [0.15, 0.2) is 12.4 Å². The molecule has 6 heteroatoms. The molecule has 2 amide bonds. The van der Waals surface area contributed by atoms with Crippen LogP contribution in [0.25, 0.3) is 0 Å². The maximum atomic E-state index is 12.7. The van der Waals surface area contributed by atoms with Crippen LogP contribution in [0.1, 0.15) is 74.9 Å². The van der Waals surface area contributed by atoms with E-state index < -0.39 is 0 Å². The van der Waals surface area contributed by atoms with Crippen LogP contribution in [0.2, 0.25) is 0 Å². The summed E-state index contributed by atoms with van der Waals surface area (Å²) in [5, 5.41) is 5.65.